The van der Waals surface area contributed by atoms with Gasteiger partial charge in [0, 0.05) is 11.4 Å². The van der Waals surface area contributed by atoms with Crippen molar-refractivity contribution >= 4 is 22.9 Å². The molecule has 98 valence electrons. The number of ketones is 3. The molecule has 0 radical (unpaired) electrons. The van der Waals surface area contributed by atoms with Crippen molar-refractivity contribution in [3.63, 3.8) is 0 Å². The van der Waals surface area contributed by atoms with E-state index in [1.54, 1.807) is 13.8 Å². The molecule has 1 aliphatic rings. The monoisotopic (exact) mass is 261 g/mol. The minimum atomic E-state index is -1.98. The Labute approximate surface area is 108 Å². The lowest BCUT2D eigenvalue weighted by atomic mass is 9.87. The third kappa shape index (κ3) is 2.06. The number of hydrogen-bond acceptors (Lipinski definition) is 6. The summed E-state index contributed by atoms with van der Waals surface area (Å²) in [6, 6.07) is 2.98. The number of aromatic nitrogens is 1. The molecule has 6 nitrogen and oxygen atoms in total. The van der Waals surface area contributed by atoms with Gasteiger partial charge in [0.25, 0.3) is 5.78 Å². The van der Waals surface area contributed by atoms with Gasteiger partial charge in [0.15, 0.2) is 6.10 Å². The van der Waals surface area contributed by atoms with Gasteiger partial charge in [-0.2, -0.15) is 0 Å². The zero-order chi connectivity index (χ0) is 14.3. The highest BCUT2D eigenvalue weighted by atomic mass is 16.3. The maximum absolute atomic E-state index is 11.8. The lowest BCUT2D eigenvalue weighted by molar-refractivity contribution is -0.146. The van der Waals surface area contributed by atoms with Gasteiger partial charge < -0.3 is 10.2 Å². The molecule has 2 N–H and O–H groups in total. The van der Waals surface area contributed by atoms with Crippen LogP contribution in [0.4, 0.5) is 0 Å². The molecule has 6 heteroatoms. The summed E-state index contributed by atoms with van der Waals surface area (Å²) in [6.07, 6.45) is -1.98. The van der Waals surface area contributed by atoms with Gasteiger partial charge in [-0.15, -0.1) is 0 Å². The maximum atomic E-state index is 11.8. The highest BCUT2D eigenvalue weighted by Gasteiger charge is 2.41. The van der Waals surface area contributed by atoms with Gasteiger partial charge >= 0.3 is 0 Å². The van der Waals surface area contributed by atoms with Crippen LogP contribution in [0.3, 0.4) is 0 Å². The largest absolute Gasteiger partial charge is 0.508 e. The SMILES string of the molecule is Cc1cc(C2=C(O)C(O)C(=O)C(=O)C2=O)cc(C)n1. The number of aliphatic hydroxyl groups excluding tert-OH is 2. The standard InChI is InChI=1S/C13H11NO5/c1-5-3-7(4-6(2)14-5)8-9(15)11(17)13(19)12(18)10(8)16/h3-4,11,15,17H,1-2H3. The van der Waals surface area contributed by atoms with Crippen molar-refractivity contribution in [2.75, 3.05) is 0 Å². The van der Waals surface area contributed by atoms with E-state index in [4.69, 9.17) is 0 Å². The van der Waals surface area contributed by atoms with Gasteiger partial charge in [0.05, 0.1) is 5.57 Å². The smallest absolute Gasteiger partial charge is 0.272 e. The summed E-state index contributed by atoms with van der Waals surface area (Å²) in [5, 5.41) is 19.2. The Hall–Kier alpha value is -2.34. The second kappa shape index (κ2) is 4.40. The quantitative estimate of drug-likeness (QED) is 0.692. The number of pyridine rings is 1. The van der Waals surface area contributed by atoms with Crippen molar-refractivity contribution in [2.24, 2.45) is 0 Å². The predicted molar refractivity (Wildman–Crippen MR) is 64.3 cm³/mol. The van der Waals surface area contributed by atoms with Crippen LogP contribution in [0.2, 0.25) is 0 Å². The van der Waals surface area contributed by atoms with Crippen molar-refractivity contribution in [3.05, 3.63) is 34.8 Å². The van der Waals surface area contributed by atoms with Crippen LogP contribution in [0.15, 0.2) is 17.9 Å². The van der Waals surface area contributed by atoms with E-state index in [0.717, 1.165) is 0 Å². The molecule has 1 aromatic rings. The number of aliphatic hydroxyl groups is 2. The highest BCUT2D eigenvalue weighted by molar-refractivity contribution is 6.74. The zero-order valence-electron chi connectivity index (χ0n) is 10.3. The molecule has 1 aromatic heterocycles. The molecule has 0 saturated carbocycles. The number of rotatable bonds is 1. The Morgan fingerprint density at radius 3 is 2.11 bits per heavy atom. The minimum absolute atomic E-state index is 0.257. The summed E-state index contributed by atoms with van der Waals surface area (Å²) in [4.78, 5) is 38.5. The third-order valence-corrected chi connectivity index (χ3v) is 2.79. The van der Waals surface area contributed by atoms with Gasteiger partial charge in [0.2, 0.25) is 11.6 Å². The molecule has 0 fully saturated rings. The average Bonchev–Trinajstić information content (AvgIpc) is 2.33. The minimum Gasteiger partial charge on any atom is -0.508 e. The fourth-order valence-corrected chi connectivity index (χ4v) is 1.98. The molecule has 0 aliphatic heterocycles. The molecule has 0 saturated heterocycles. The lowest BCUT2D eigenvalue weighted by Gasteiger charge is -2.18. The Bertz CT molecular complexity index is 624. The van der Waals surface area contributed by atoms with Crippen molar-refractivity contribution in [3.8, 4) is 0 Å². The first-order valence-corrected chi connectivity index (χ1v) is 5.52. The first kappa shape index (κ1) is 13.1. The summed E-state index contributed by atoms with van der Waals surface area (Å²) >= 11 is 0. The predicted octanol–water partition coefficient (Wildman–Crippen LogP) is 0.0493. The normalized spacial score (nSPS) is 20.2. The number of hydrogen-bond donors (Lipinski definition) is 2. The fraction of sp³-hybridized carbons (Fsp3) is 0.231. The van der Waals surface area contributed by atoms with Crippen LogP contribution in [0.25, 0.3) is 5.57 Å². The van der Waals surface area contributed by atoms with E-state index in [-0.39, 0.29) is 11.1 Å². The summed E-state index contributed by atoms with van der Waals surface area (Å²) in [5.74, 6) is -4.54. The number of allylic oxidation sites excluding steroid dienone is 1. The van der Waals surface area contributed by atoms with Gasteiger partial charge in [0.1, 0.15) is 5.76 Å². The molecule has 0 bridgehead atoms. The zero-order valence-corrected chi connectivity index (χ0v) is 10.3. The van der Waals surface area contributed by atoms with Crippen LogP contribution in [0.5, 0.6) is 0 Å². The second-order valence-electron chi connectivity index (χ2n) is 4.32. The van der Waals surface area contributed by atoms with E-state index in [1.807, 2.05) is 0 Å². The van der Waals surface area contributed by atoms with Crippen LogP contribution < -0.4 is 0 Å². The number of carbonyl (C=O) groups excluding carboxylic acids is 3. The first-order chi connectivity index (χ1) is 8.82. The van der Waals surface area contributed by atoms with E-state index in [2.05, 4.69) is 4.98 Å². The number of Topliss-reactive ketones (excluding diaryl/α,β-unsaturated/α-hetero) is 3. The van der Waals surface area contributed by atoms with Crippen molar-refractivity contribution in [1.82, 2.24) is 4.98 Å². The van der Waals surface area contributed by atoms with Crippen LogP contribution in [-0.2, 0) is 14.4 Å². The van der Waals surface area contributed by atoms with E-state index in [9.17, 15) is 24.6 Å². The number of nitrogens with zero attached hydrogens (tertiary/aromatic N) is 1. The summed E-state index contributed by atoms with van der Waals surface area (Å²) in [7, 11) is 0. The lowest BCUT2D eigenvalue weighted by Crippen LogP contribution is -2.41. The Morgan fingerprint density at radius 1 is 1.05 bits per heavy atom. The highest BCUT2D eigenvalue weighted by Crippen LogP contribution is 2.26. The van der Waals surface area contributed by atoms with E-state index in [1.165, 1.54) is 12.1 Å². The molecule has 0 spiro atoms. The molecular formula is C13H11NO5. The van der Waals surface area contributed by atoms with Crippen LogP contribution in [-0.4, -0.2) is 38.7 Å². The molecule has 2 rings (SSSR count). The van der Waals surface area contributed by atoms with Crippen LogP contribution in [0.1, 0.15) is 17.0 Å². The number of aryl methyl sites for hydroxylation is 2. The van der Waals surface area contributed by atoms with Gasteiger partial charge in [-0.3, -0.25) is 19.4 Å². The van der Waals surface area contributed by atoms with Crippen LogP contribution >= 0.6 is 0 Å². The summed E-state index contributed by atoms with van der Waals surface area (Å²) in [6.45, 7) is 3.37. The van der Waals surface area contributed by atoms with Crippen molar-refractivity contribution in [1.29, 1.82) is 0 Å². The summed E-state index contributed by atoms with van der Waals surface area (Å²) in [5.41, 5.74) is 1.09. The molecule has 1 heterocycles. The second-order valence-corrected chi connectivity index (χ2v) is 4.32. The topological polar surface area (TPSA) is 105 Å². The maximum Gasteiger partial charge on any atom is 0.272 e. The van der Waals surface area contributed by atoms with E-state index in [0.29, 0.717) is 11.4 Å². The first-order valence-electron chi connectivity index (χ1n) is 5.52. The van der Waals surface area contributed by atoms with Gasteiger partial charge in [-0.25, -0.2) is 0 Å². The van der Waals surface area contributed by atoms with Crippen molar-refractivity contribution < 1.29 is 24.6 Å². The molecule has 0 amide bonds. The fourth-order valence-electron chi connectivity index (χ4n) is 1.98. The molecular weight excluding hydrogens is 250 g/mol. The van der Waals surface area contributed by atoms with Gasteiger partial charge in [-0.05, 0) is 31.5 Å². The molecule has 0 aromatic carbocycles. The van der Waals surface area contributed by atoms with Gasteiger partial charge in [-0.1, -0.05) is 0 Å². The molecule has 19 heavy (non-hydrogen) atoms. The molecule has 1 aliphatic carbocycles. The van der Waals surface area contributed by atoms with E-state index < -0.39 is 29.2 Å². The Balaban J connectivity index is 2.68. The van der Waals surface area contributed by atoms with E-state index >= 15 is 0 Å². The van der Waals surface area contributed by atoms with Crippen molar-refractivity contribution in [2.45, 2.75) is 20.0 Å². The Kier molecular flexibility index (Phi) is 3.03. The molecule has 1 unspecified atom stereocenters. The number of carbonyl (C=O) groups is 3. The third-order valence-electron chi connectivity index (χ3n) is 2.79. The van der Waals surface area contributed by atoms with Crippen LogP contribution in [0, 0.1) is 13.8 Å². The Morgan fingerprint density at radius 2 is 1.58 bits per heavy atom. The average molecular weight is 261 g/mol. The summed E-state index contributed by atoms with van der Waals surface area (Å²) < 4.78 is 0. The molecule has 1 atom stereocenters.